The van der Waals surface area contributed by atoms with Crippen molar-refractivity contribution < 1.29 is 4.74 Å². The number of rotatable bonds is 7. The molecule has 6 nitrogen and oxygen atoms in total. The van der Waals surface area contributed by atoms with Crippen molar-refractivity contribution in [2.75, 3.05) is 7.11 Å². The van der Waals surface area contributed by atoms with Gasteiger partial charge in [-0.1, -0.05) is 0 Å². The Balaban J connectivity index is 2.03. The second-order valence-corrected chi connectivity index (χ2v) is 4.51. The third-order valence-electron chi connectivity index (χ3n) is 3.37. The van der Waals surface area contributed by atoms with Crippen LogP contribution < -0.4 is 11.3 Å². The fourth-order valence-electron chi connectivity index (χ4n) is 2.29. The van der Waals surface area contributed by atoms with Crippen LogP contribution in [0.2, 0.25) is 0 Å². The number of hydrogen-bond donors (Lipinski definition) is 2. The van der Waals surface area contributed by atoms with Crippen molar-refractivity contribution in [2.45, 2.75) is 44.9 Å². The highest BCUT2D eigenvalue weighted by Crippen LogP contribution is 2.35. The van der Waals surface area contributed by atoms with Gasteiger partial charge in [0.15, 0.2) is 0 Å². The van der Waals surface area contributed by atoms with E-state index in [-0.39, 0.29) is 12.1 Å². The summed E-state index contributed by atoms with van der Waals surface area (Å²) >= 11 is 0. The Labute approximate surface area is 102 Å². The Morgan fingerprint density at radius 2 is 2.41 bits per heavy atom. The molecule has 0 aliphatic heterocycles. The maximum absolute atomic E-state index is 5.64. The molecule has 1 heterocycles. The van der Waals surface area contributed by atoms with Crippen LogP contribution in [0.4, 0.5) is 0 Å². The van der Waals surface area contributed by atoms with Crippen LogP contribution in [0.15, 0.2) is 6.33 Å². The molecule has 6 heteroatoms. The highest BCUT2D eigenvalue weighted by Gasteiger charge is 2.37. The van der Waals surface area contributed by atoms with E-state index in [1.807, 2.05) is 4.68 Å². The van der Waals surface area contributed by atoms with Crippen molar-refractivity contribution in [3.8, 4) is 0 Å². The predicted octanol–water partition coefficient (Wildman–Crippen LogP) is 0.0974. The average molecular weight is 239 g/mol. The normalized spacial score (nSPS) is 19.2. The summed E-state index contributed by atoms with van der Waals surface area (Å²) in [5.74, 6) is 7.23. The number of methoxy groups -OCH3 is 1. The van der Waals surface area contributed by atoms with E-state index in [1.54, 1.807) is 13.4 Å². The van der Waals surface area contributed by atoms with Gasteiger partial charge in [-0.15, -0.1) is 0 Å². The molecule has 0 amide bonds. The second kappa shape index (κ2) is 5.57. The predicted molar refractivity (Wildman–Crippen MR) is 64.0 cm³/mol. The van der Waals surface area contributed by atoms with Gasteiger partial charge in [0.2, 0.25) is 0 Å². The van der Waals surface area contributed by atoms with Gasteiger partial charge in [-0.25, -0.2) is 4.98 Å². The molecule has 17 heavy (non-hydrogen) atoms. The van der Waals surface area contributed by atoms with Gasteiger partial charge < -0.3 is 4.74 Å². The third-order valence-corrected chi connectivity index (χ3v) is 3.37. The minimum atomic E-state index is 0.0991. The monoisotopic (exact) mass is 239 g/mol. The molecule has 1 fully saturated rings. The molecular weight excluding hydrogens is 218 g/mol. The number of nitrogens with two attached hydrogens (primary N) is 1. The first kappa shape index (κ1) is 12.5. The quantitative estimate of drug-likeness (QED) is 0.521. The first-order valence-corrected chi connectivity index (χ1v) is 6.15. The molecule has 1 aromatic rings. The van der Waals surface area contributed by atoms with Gasteiger partial charge in [0, 0.05) is 20.1 Å². The topological polar surface area (TPSA) is 78.0 Å². The van der Waals surface area contributed by atoms with Crippen LogP contribution in [-0.4, -0.2) is 34.0 Å². The molecule has 1 aliphatic carbocycles. The number of ether oxygens (including phenoxy) is 1. The maximum Gasteiger partial charge on any atom is 0.138 e. The highest BCUT2D eigenvalue weighted by atomic mass is 16.5. The Morgan fingerprint density at radius 3 is 2.94 bits per heavy atom. The van der Waals surface area contributed by atoms with Crippen LogP contribution in [0, 0.1) is 5.92 Å². The molecule has 0 bridgehead atoms. The molecule has 2 atom stereocenters. The summed E-state index contributed by atoms with van der Waals surface area (Å²) in [5.41, 5.74) is 2.86. The summed E-state index contributed by atoms with van der Waals surface area (Å²) in [4.78, 5) is 4.27. The van der Waals surface area contributed by atoms with E-state index in [0.29, 0.717) is 5.92 Å². The van der Waals surface area contributed by atoms with Crippen LogP contribution in [0.3, 0.4) is 0 Å². The van der Waals surface area contributed by atoms with Crippen LogP contribution in [0.1, 0.15) is 25.6 Å². The van der Waals surface area contributed by atoms with E-state index in [1.165, 1.54) is 12.8 Å². The summed E-state index contributed by atoms with van der Waals surface area (Å²) in [6.45, 7) is 2.88. The van der Waals surface area contributed by atoms with Gasteiger partial charge in [0.05, 0.1) is 12.1 Å². The van der Waals surface area contributed by atoms with Gasteiger partial charge in [0.1, 0.15) is 12.2 Å². The smallest absolute Gasteiger partial charge is 0.138 e. The van der Waals surface area contributed by atoms with Crippen LogP contribution in [0.25, 0.3) is 0 Å². The van der Waals surface area contributed by atoms with Crippen molar-refractivity contribution in [1.82, 2.24) is 20.2 Å². The number of hydrogen-bond acceptors (Lipinski definition) is 5. The molecule has 0 spiro atoms. The molecule has 2 rings (SSSR count). The van der Waals surface area contributed by atoms with Gasteiger partial charge in [-0.2, -0.15) is 5.10 Å². The first-order valence-electron chi connectivity index (χ1n) is 6.15. The van der Waals surface area contributed by atoms with Gasteiger partial charge in [0.25, 0.3) is 0 Å². The molecule has 0 aromatic carbocycles. The minimum Gasteiger partial charge on any atom is -0.379 e. The van der Waals surface area contributed by atoms with E-state index >= 15 is 0 Å². The second-order valence-electron chi connectivity index (χ2n) is 4.51. The summed E-state index contributed by atoms with van der Waals surface area (Å²) < 4.78 is 7.44. The van der Waals surface area contributed by atoms with Crippen LogP contribution >= 0.6 is 0 Å². The lowest BCUT2D eigenvalue weighted by molar-refractivity contribution is 0.0502. The van der Waals surface area contributed by atoms with Crippen molar-refractivity contribution in [3.05, 3.63) is 12.2 Å². The van der Waals surface area contributed by atoms with Gasteiger partial charge in [-0.05, 0) is 25.7 Å². The van der Waals surface area contributed by atoms with Gasteiger partial charge in [-0.3, -0.25) is 16.0 Å². The van der Waals surface area contributed by atoms with Crippen LogP contribution in [-0.2, 0) is 17.7 Å². The number of nitrogens with one attached hydrogen (secondary N) is 1. The summed E-state index contributed by atoms with van der Waals surface area (Å²) in [7, 11) is 1.75. The molecule has 0 saturated heterocycles. The third kappa shape index (κ3) is 2.83. The fraction of sp³-hybridized carbons (Fsp3) is 0.818. The Morgan fingerprint density at radius 1 is 1.65 bits per heavy atom. The molecule has 1 saturated carbocycles. The molecule has 1 aliphatic rings. The SMILES string of the molecule is CCn1ncnc1CC(NN)C(OC)C1CC1. The molecule has 1 aromatic heterocycles. The Kier molecular flexibility index (Phi) is 4.09. The Bertz CT molecular complexity index is 349. The van der Waals surface area contributed by atoms with E-state index in [9.17, 15) is 0 Å². The summed E-state index contributed by atoms with van der Waals surface area (Å²) in [5, 5.41) is 4.16. The number of aromatic nitrogens is 3. The highest BCUT2D eigenvalue weighted by molar-refractivity contribution is 4.96. The largest absolute Gasteiger partial charge is 0.379 e. The molecule has 2 unspecified atom stereocenters. The zero-order valence-corrected chi connectivity index (χ0v) is 10.5. The zero-order chi connectivity index (χ0) is 12.3. The number of nitrogens with zero attached hydrogens (tertiary/aromatic N) is 3. The standard InChI is InChI=1S/C11H21N5O/c1-3-16-10(13-7-14-16)6-9(15-12)11(17-2)8-4-5-8/h7-9,11,15H,3-6,12H2,1-2H3. The van der Waals surface area contributed by atoms with E-state index < -0.39 is 0 Å². The average Bonchev–Trinajstić information content (AvgIpc) is 3.08. The van der Waals surface area contributed by atoms with Crippen molar-refractivity contribution in [3.63, 3.8) is 0 Å². The summed E-state index contributed by atoms with van der Waals surface area (Å²) in [6, 6.07) is 0.0991. The van der Waals surface area contributed by atoms with E-state index in [2.05, 4.69) is 22.4 Å². The maximum atomic E-state index is 5.64. The number of hydrazine groups is 1. The van der Waals surface area contributed by atoms with Gasteiger partial charge >= 0.3 is 0 Å². The lowest BCUT2D eigenvalue weighted by atomic mass is 10.0. The first-order chi connectivity index (χ1) is 8.30. The van der Waals surface area contributed by atoms with Crippen LogP contribution in [0.5, 0.6) is 0 Å². The molecular formula is C11H21N5O. The number of aryl methyl sites for hydroxylation is 1. The fourth-order valence-corrected chi connectivity index (χ4v) is 2.29. The molecule has 3 N–H and O–H groups in total. The van der Waals surface area contributed by atoms with E-state index in [0.717, 1.165) is 18.8 Å². The Hall–Kier alpha value is -0.980. The molecule has 0 radical (unpaired) electrons. The lowest BCUT2D eigenvalue weighted by Crippen LogP contribution is -2.47. The minimum absolute atomic E-state index is 0.0991. The van der Waals surface area contributed by atoms with Crippen molar-refractivity contribution in [2.24, 2.45) is 11.8 Å². The molecule has 96 valence electrons. The lowest BCUT2D eigenvalue weighted by Gasteiger charge is -2.25. The summed E-state index contributed by atoms with van der Waals surface area (Å²) in [6.07, 6.45) is 4.97. The van der Waals surface area contributed by atoms with Crippen molar-refractivity contribution >= 4 is 0 Å². The zero-order valence-electron chi connectivity index (χ0n) is 10.5. The van der Waals surface area contributed by atoms with Crippen molar-refractivity contribution in [1.29, 1.82) is 0 Å². The van der Waals surface area contributed by atoms with E-state index in [4.69, 9.17) is 10.6 Å².